The fraction of sp³-hybridized carbons (Fsp3) is 0.400. The lowest BCUT2D eigenvalue weighted by atomic mass is 10.1. The van der Waals surface area contributed by atoms with E-state index in [2.05, 4.69) is 16.7 Å². The third kappa shape index (κ3) is 2.86. The number of allylic oxidation sites excluding steroid dienone is 3. The smallest absolute Gasteiger partial charge is 0.213 e. The van der Waals surface area contributed by atoms with Crippen molar-refractivity contribution in [3.63, 3.8) is 0 Å². The van der Waals surface area contributed by atoms with E-state index >= 15 is 0 Å². The van der Waals surface area contributed by atoms with E-state index in [0.717, 1.165) is 25.0 Å². The Hall–Kier alpha value is -1.38. The van der Waals surface area contributed by atoms with Crippen molar-refractivity contribution in [3.8, 4) is 0 Å². The third-order valence-electron chi connectivity index (χ3n) is 1.91. The van der Waals surface area contributed by atoms with E-state index in [9.17, 15) is 5.11 Å². The van der Waals surface area contributed by atoms with Crippen molar-refractivity contribution in [1.82, 2.24) is 0 Å². The second kappa shape index (κ2) is 4.60. The molecule has 0 radical (unpaired) electrons. The molecule has 0 bridgehead atoms. The maximum absolute atomic E-state index is 9.21. The van der Waals surface area contributed by atoms with Crippen LogP contribution in [0.15, 0.2) is 33.2 Å². The predicted octanol–water partition coefficient (Wildman–Crippen LogP) is 2.62. The van der Waals surface area contributed by atoms with Gasteiger partial charge < -0.3 is 5.11 Å². The van der Waals surface area contributed by atoms with Crippen LogP contribution in [0.3, 0.4) is 0 Å². The van der Waals surface area contributed by atoms with Gasteiger partial charge in [-0.25, -0.2) is 4.99 Å². The molecular weight excluding hydrogens is 164 g/mol. The van der Waals surface area contributed by atoms with Crippen molar-refractivity contribution < 1.29 is 5.11 Å². The molecule has 0 unspecified atom stereocenters. The van der Waals surface area contributed by atoms with Gasteiger partial charge in [0.2, 0.25) is 5.88 Å². The van der Waals surface area contributed by atoms with E-state index in [-0.39, 0.29) is 5.88 Å². The van der Waals surface area contributed by atoms with Crippen LogP contribution in [0.5, 0.6) is 0 Å². The summed E-state index contributed by atoms with van der Waals surface area (Å²) in [6.07, 6.45) is 6.90. The molecule has 0 aromatic rings. The molecule has 1 N–H and O–H groups in total. The van der Waals surface area contributed by atoms with Gasteiger partial charge in [0.25, 0.3) is 0 Å². The van der Waals surface area contributed by atoms with Crippen molar-refractivity contribution in [3.05, 3.63) is 23.2 Å². The summed E-state index contributed by atoms with van der Waals surface area (Å²) in [5.74, 6) is -0.0201. The Morgan fingerprint density at radius 1 is 1.77 bits per heavy atom. The Morgan fingerprint density at radius 3 is 3.08 bits per heavy atom. The molecule has 0 saturated carbocycles. The Labute approximate surface area is 78.2 Å². The first-order valence-electron chi connectivity index (χ1n) is 4.33. The molecule has 1 aliphatic heterocycles. The highest BCUT2D eigenvalue weighted by molar-refractivity contribution is 5.60. The summed E-state index contributed by atoms with van der Waals surface area (Å²) in [5.41, 5.74) is 1.71. The molecule has 0 aromatic heterocycles. The van der Waals surface area contributed by atoms with Gasteiger partial charge in [-0.15, -0.1) is 0 Å². The summed E-state index contributed by atoms with van der Waals surface area (Å²) in [6.45, 7) is 5.04. The molecule has 3 heteroatoms. The summed E-state index contributed by atoms with van der Waals surface area (Å²) >= 11 is 0. The van der Waals surface area contributed by atoms with E-state index in [1.165, 1.54) is 0 Å². The lowest BCUT2D eigenvalue weighted by molar-refractivity contribution is 0.402. The van der Waals surface area contributed by atoms with Gasteiger partial charge in [-0.2, -0.15) is 0 Å². The van der Waals surface area contributed by atoms with Gasteiger partial charge in [-0.1, -0.05) is 0 Å². The Morgan fingerprint density at radius 2 is 2.54 bits per heavy atom. The molecule has 0 saturated heterocycles. The van der Waals surface area contributed by atoms with Crippen LogP contribution in [0, 0.1) is 0 Å². The summed E-state index contributed by atoms with van der Waals surface area (Å²) in [5, 5.41) is 9.21. The molecule has 0 aromatic carbocycles. The molecule has 0 fully saturated rings. The minimum Gasteiger partial charge on any atom is -0.493 e. The molecular formula is C10H14N2O. The van der Waals surface area contributed by atoms with E-state index < -0.39 is 0 Å². The predicted molar refractivity (Wildman–Crippen MR) is 55.3 cm³/mol. The number of nitrogens with zero attached hydrogens (tertiary/aromatic N) is 2. The van der Waals surface area contributed by atoms with Gasteiger partial charge in [0.15, 0.2) is 0 Å². The number of hydrogen-bond acceptors (Lipinski definition) is 3. The fourth-order valence-corrected chi connectivity index (χ4v) is 1.17. The van der Waals surface area contributed by atoms with Gasteiger partial charge in [-0.3, -0.25) is 4.99 Å². The van der Waals surface area contributed by atoms with Crippen LogP contribution in [0.1, 0.15) is 26.2 Å². The van der Waals surface area contributed by atoms with Crippen LogP contribution >= 0.6 is 0 Å². The highest BCUT2D eigenvalue weighted by Crippen LogP contribution is 2.16. The highest BCUT2D eigenvalue weighted by atomic mass is 16.3. The molecule has 0 atom stereocenters. The molecule has 0 spiro atoms. The van der Waals surface area contributed by atoms with Crippen molar-refractivity contribution in [2.24, 2.45) is 9.98 Å². The van der Waals surface area contributed by atoms with Gasteiger partial charge in [0.1, 0.15) is 0 Å². The summed E-state index contributed by atoms with van der Waals surface area (Å²) in [4.78, 5) is 7.66. The molecule has 1 rings (SSSR count). The lowest BCUT2D eigenvalue weighted by Crippen LogP contribution is -1.91. The van der Waals surface area contributed by atoms with E-state index in [0.29, 0.717) is 5.57 Å². The largest absolute Gasteiger partial charge is 0.493 e. The lowest BCUT2D eigenvalue weighted by Gasteiger charge is -2.06. The van der Waals surface area contributed by atoms with Crippen LogP contribution in [0.2, 0.25) is 0 Å². The Kier molecular flexibility index (Phi) is 3.43. The molecule has 0 amide bonds. The van der Waals surface area contributed by atoms with E-state index in [4.69, 9.17) is 0 Å². The Bertz CT molecular complexity index is 287. The molecule has 70 valence electrons. The first kappa shape index (κ1) is 9.71. The second-order valence-electron chi connectivity index (χ2n) is 3.00. The maximum atomic E-state index is 9.21. The molecule has 0 aliphatic carbocycles. The number of rotatable bonds is 2. The molecule has 13 heavy (non-hydrogen) atoms. The Balaban J connectivity index is 2.80. The molecule has 3 nitrogen and oxygen atoms in total. The average Bonchev–Trinajstić information content (AvgIpc) is 2.18. The van der Waals surface area contributed by atoms with Crippen molar-refractivity contribution in [1.29, 1.82) is 0 Å². The van der Waals surface area contributed by atoms with E-state index in [1.54, 1.807) is 6.92 Å². The first-order chi connectivity index (χ1) is 6.24. The number of aliphatic hydroxyl groups is 1. The van der Waals surface area contributed by atoms with E-state index in [1.807, 2.05) is 12.3 Å². The van der Waals surface area contributed by atoms with Crippen LogP contribution in [-0.2, 0) is 0 Å². The first-order valence-corrected chi connectivity index (χ1v) is 4.33. The standard InChI is InChI=1S/C10H14N2O/c1-8(10(13)11-2)7-9-5-3-4-6-12-9/h6-7,13H,2-5H2,1H3/b9-7+,10-8+. The highest BCUT2D eigenvalue weighted by Gasteiger charge is 2.01. The van der Waals surface area contributed by atoms with Gasteiger partial charge in [-0.05, 0) is 39.0 Å². The van der Waals surface area contributed by atoms with Crippen molar-refractivity contribution in [2.45, 2.75) is 26.2 Å². The van der Waals surface area contributed by atoms with Gasteiger partial charge in [0, 0.05) is 17.5 Å². The van der Waals surface area contributed by atoms with Gasteiger partial charge >= 0.3 is 0 Å². The van der Waals surface area contributed by atoms with Gasteiger partial charge in [0.05, 0.1) is 0 Å². The summed E-state index contributed by atoms with van der Waals surface area (Å²) < 4.78 is 0. The SMILES string of the molecule is C=N/C(O)=C(C)\C=C1/CCCC=N1. The van der Waals surface area contributed by atoms with Crippen LogP contribution in [0.4, 0.5) is 0 Å². The number of hydrogen-bond donors (Lipinski definition) is 1. The third-order valence-corrected chi connectivity index (χ3v) is 1.91. The normalized spacial score (nSPS) is 21.5. The maximum Gasteiger partial charge on any atom is 0.213 e. The van der Waals surface area contributed by atoms with Crippen LogP contribution in [0.25, 0.3) is 0 Å². The zero-order valence-corrected chi connectivity index (χ0v) is 7.82. The van der Waals surface area contributed by atoms with Crippen LogP contribution < -0.4 is 0 Å². The quantitative estimate of drug-likeness (QED) is 0.512. The fourth-order valence-electron chi connectivity index (χ4n) is 1.17. The molecule has 1 aliphatic rings. The number of aliphatic hydroxyl groups excluding tert-OH is 1. The van der Waals surface area contributed by atoms with Crippen molar-refractivity contribution >= 4 is 12.9 Å². The minimum atomic E-state index is -0.0201. The van der Waals surface area contributed by atoms with Crippen LogP contribution in [-0.4, -0.2) is 18.0 Å². The average molecular weight is 178 g/mol. The van der Waals surface area contributed by atoms with Crippen molar-refractivity contribution in [2.75, 3.05) is 0 Å². The molecule has 1 heterocycles. The number of aliphatic imine (C=N–C) groups is 2. The monoisotopic (exact) mass is 178 g/mol. The summed E-state index contributed by atoms with van der Waals surface area (Å²) in [6, 6.07) is 0. The minimum absolute atomic E-state index is 0.0201. The topological polar surface area (TPSA) is 45.0 Å². The zero-order chi connectivity index (χ0) is 9.68. The summed E-state index contributed by atoms with van der Waals surface area (Å²) in [7, 11) is 0. The second-order valence-corrected chi connectivity index (χ2v) is 3.00. The zero-order valence-electron chi connectivity index (χ0n) is 7.82.